The molecule has 0 bridgehead atoms. The van der Waals surface area contributed by atoms with Gasteiger partial charge < -0.3 is 5.11 Å². The van der Waals surface area contributed by atoms with Crippen LogP contribution in [-0.4, -0.2) is 24.7 Å². The van der Waals surface area contributed by atoms with Crippen molar-refractivity contribution in [3.8, 4) is 0 Å². The third-order valence-corrected chi connectivity index (χ3v) is 2.61. The first kappa shape index (κ1) is 9.92. The molecule has 0 amide bonds. The molecule has 3 aromatic heterocycles. The summed E-state index contributed by atoms with van der Waals surface area (Å²) < 4.78 is 1.72. The van der Waals surface area contributed by atoms with Gasteiger partial charge in [0.15, 0.2) is 0 Å². The van der Waals surface area contributed by atoms with Gasteiger partial charge in [-0.15, -0.1) is 0 Å². The van der Waals surface area contributed by atoms with Crippen molar-refractivity contribution in [3.63, 3.8) is 0 Å². The molecule has 17 heavy (non-hydrogen) atoms. The molecule has 1 N–H and O–H groups in total. The lowest BCUT2D eigenvalue weighted by atomic mass is 10.1. The molecule has 0 aliphatic heterocycles. The van der Waals surface area contributed by atoms with Gasteiger partial charge in [-0.25, -0.2) is 4.52 Å². The van der Waals surface area contributed by atoms with Gasteiger partial charge in [-0.1, -0.05) is 6.07 Å². The van der Waals surface area contributed by atoms with Crippen molar-refractivity contribution in [2.75, 3.05) is 0 Å². The van der Waals surface area contributed by atoms with Gasteiger partial charge in [0.1, 0.15) is 6.10 Å². The Labute approximate surface area is 97.4 Å². The molecular formula is C12H10N4O. The lowest BCUT2D eigenvalue weighted by molar-refractivity contribution is 0.216. The molecule has 0 aromatic carbocycles. The van der Waals surface area contributed by atoms with E-state index in [1.807, 2.05) is 24.4 Å². The zero-order valence-corrected chi connectivity index (χ0v) is 8.93. The molecule has 0 saturated heterocycles. The Bertz CT molecular complexity index is 635. The Kier molecular flexibility index (Phi) is 2.31. The summed E-state index contributed by atoms with van der Waals surface area (Å²) in [5.74, 6) is 0. The second-order valence-corrected chi connectivity index (χ2v) is 3.66. The van der Waals surface area contributed by atoms with E-state index in [2.05, 4.69) is 15.1 Å². The highest BCUT2D eigenvalue weighted by Crippen LogP contribution is 2.23. The van der Waals surface area contributed by atoms with Crippen LogP contribution in [0, 0.1) is 0 Å². The lowest BCUT2D eigenvalue weighted by Crippen LogP contribution is -2.02. The van der Waals surface area contributed by atoms with Crippen LogP contribution < -0.4 is 0 Å². The standard InChI is InChI=1S/C12H10N4O/c17-12(10-8-13-4-5-14-10)9-7-15-16-6-2-1-3-11(9)16/h1-8,12,17H. The first-order valence-corrected chi connectivity index (χ1v) is 5.22. The highest BCUT2D eigenvalue weighted by molar-refractivity contribution is 5.55. The van der Waals surface area contributed by atoms with Crippen LogP contribution in [0.3, 0.4) is 0 Å². The topological polar surface area (TPSA) is 63.3 Å². The second-order valence-electron chi connectivity index (χ2n) is 3.66. The van der Waals surface area contributed by atoms with Crippen LogP contribution in [0.4, 0.5) is 0 Å². The molecule has 3 aromatic rings. The molecule has 0 radical (unpaired) electrons. The Balaban J connectivity index is 2.10. The Hall–Kier alpha value is -2.27. The summed E-state index contributed by atoms with van der Waals surface area (Å²) in [7, 11) is 0. The molecule has 0 spiro atoms. The van der Waals surface area contributed by atoms with Gasteiger partial charge in [0, 0.05) is 24.2 Å². The average molecular weight is 226 g/mol. The summed E-state index contributed by atoms with van der Waals surface area (Å²) >= 11 is 0. The molecule has 5 nitrogen and oxygen atoms in total. The van der Waals surface area contributed by atoms with Gasteiger partial charge in [-0.2, -0.15) is 5.10 Å². The minimum absolute atomic E-state index is 0.520. The number of fused-ring (bicyclic) bond motifs is 1. The largest absolute Gasteiger partial charge is 0.382 e. The number of nitrogens with zero attached hydrogens (tertiary/aromatic N) is 4. The van der Waals surface area contributed by atoms with Crippen molar-refractivity contribution in [2.45, 2.75) is 6.10 Å². The van der Waals surface area contributed by atoms with E-state index in [1.165, 1.54) is 0 Å². The van der Waals surface area contributed by atoms with E-state index in [9.17, 15) is 5.11 Å². The molecule has 5 heteroatoms. The maximum atomic E-state index is 10.2. The fourth-order valence-corrected chi connectivity index (χ4v) is 1.78. The Morgan fingerprint density at radius 3 is 2.94 bits per heavy atom. The quantitative estimate of drug-likeness (QED) is 0.713. The number of hydrogen-bond donors (Lipinski definition) is 1. The smallest absolute Gasteiger partial charge is 0.126 e. The van der Waals surface area contributed by atoms with Crippen molar-refractivity contribution in [1.82, 2.24) is 19.6 Å². The molecule has 3 rings (SSSR count). The number of pyridine rings is 1. The van der Waals surface area contributed by atoms with Crippen LogP contribution in [0.25, 0.3) is 5.52 Å². The number of rotatable bonds is 2. The number of hydrogen-bond acceptors (Lipinski definition) is 4. The van der Waals surface area contributed by atoms with E-state index in [0.717, 1.165) is 11.1 Å². The van der Waals surface area contributed by atoms with E-state index >= 15 is 0 Å². The fourth-order valence-electron chi connectivity index (χ4n) is 1.78. The zero-order chi connectivity index (χ0) is 11.7. The number of aromatic nitrogens is 4. The summed E-state index contributed by atoms with van der Waals surface area (Å²) in [5.41, 5.74) is 2.11. The van der Waals surface area contributed by atoms with Crippen molar-refractivity contribution in [3.05, 3.63) is 60.4 Å². The maximum absolute atomic E-state index is 10.2. The molecule has 0 aliphatic rings. The van der Waals surface area contributed by atoms with Crippen molar-refractivity contribution >= 4 is 5.52 Å². The highest BCUT2D eigenvalue weighted by Gasteiger charge is 2.16. The minimum atomic E-state index is -0.802. The normalized spacial score (nSPS) is 12.8. The van der Waals surface area contributed by atoms with Gasteiger partial charge in [0.25, 0.3) is 0 Å². The van der Waals surface area contributed by atoms with Crippen LogP contribution in [0.1, 0.15) is 17.4 Å². The lowest BCUT2D eigenvalue weighted by Gasteiger charge is -2.07. The number of aliphatic hydroxyl groups excluding tert-OH is 1. The molecular weight excluding hydrogens is 216 g/mol. The third kappa shape index (κ3) is 1.66. The van der Waals surface area contributed by atoms with E-state index < -0.39 is 6.10 Å². The van der Waals surface area contributed by atoms with Gasteiger partial charge in [0.2, 0.25) is 0 Å². The SMILES string of the molecule is OC(c1cnccn1)c1cnn2ccccc12. The Morgan fingerprint density at radius 2 is 2.12 bits per heavy atom. The second kappa shape index (κ2) is 3.95. The van der Waals surface area contributed by atoms with E-state index in [0.29, 0.717) is 5.69 Å². The summed E-state index contributed by atoms with van der Waals surface area (Å²) in [4.78, 5) is 8.04. The first-order valence-electron chi connectivity index (χ1n) is 5.22. The molecule has 1 unspecified atom stereocenters. The van der Waals surface area contributed by atoms with Crippen LogP contribution in [0.15, 0.2) is 49.2 Å². The predicted molar refractivity (Wildman–Crippen MR) is 61.3 cm³/mol. The summed E-state index contributed by atoms with van der Waals surface area (Å²) in [6.07, 6.45) is 7.37. The summed E-state index contributed by atoms with van der Waals surface area (Å²) in [6.45, 7) is 0. The van der Waals surface area contributed by atoms with Gasteiger partial charge in [0.05, 0.1) is 23.6 Å². The third-order valence-electron chi connectivity index (χ3n) is 2.61. The zero-order valence-electron chi connectivity index (χ0n) is 8.93. The van der Waals surface area contributed by atoms with Crippen molar-refractivity contribution in [1.29, 1.82) is 0 Å². The van der Waals surface area contributed by atoms with Crippen molar-refractivity contribution < 1.29 is 5.11 Å². The van der Waals surface area contributed by atoms with E-state index in [1.54, 1.807) is 29.3 Å². The maximum Gasteiger partial charge on any atom is 0.126 e. The molecule has 1 atom stereocenters. The molecule has 0 aliphatic carbocycles. The average Bonchev–Trinajstić information content (AvgIpc) is 2.83. The van der Waals surface area contributed by atoms with Crippen LogP contribution in [-0.2, 0) is 0 Å². The molecule has 0 saturated carbocycles. The first-order chi connectivity index (χ1) is 8.36. The monoisotopic (exact) mass is 226 g/mol. The van der Waals surface area contributed by atoms with Gasteiger partial charge >= 0.3 is 0 Å². The Morgan fingerprint density at radius 1 is 1.18 bits per heavy atom. The molecule has 0 fully saturated rings. The molecule has 84 valence electrons. The summed E-state index contributed by atoms with van der Waals surface area (Å²) in [6, 6.07) is 5.70. The highest BCUT2D eigenvalue weighted by atomic mass is 16.3. The van der Waals surface area contributed by atoms with Crippen LogP contribution in [0.2, 0.25) is 0 Å². The van der Waals surface area contributed by atoms with Gasteiger partial charge in [-0.05, 0) is 12.1 Å². The predicted octanol–water partition coefficient (Wildman–Crippen LogP) is 1.21. The van der Waals surface area contributed by atoms with E-state index in [-0.39, 0.29) is 0 Å². The summed E-state index contributed by atoms with van der Waals surface area (Å²) in [5, 5.41) is 14.4. The van der Waals surface area contributed by atoms with Crippen LogP contribution >= 0.6 is 0 Å². The van der Waals surface area contributed by atoms with Gasteiger partial charge in [-0.3, -0.25) is 9.97 Å². The van der Waals surface area contributed by atoms with E-state index in [4.69, 9.17) is 0 Å². The van der Waals surface area contributed by atoms with Crippen molar-refractivity contribution in [2.24, 2.45) is 0 Å². The molecule has 3 heterocycles. The minimum Gasteiger partial charge on any atom is -0.382 e. The fraction of sp³-hybridized carbons (Fsp3) is 0.0833. The number of aliphatic hydroxyl groups is 1. The van der Waals surface area contributed by atoms with Crippen LogP contribution in [0.5, 0.6) is 0 Å².